The van der Waals surface area contributed by atoms with E-state index in [-0.39, 0.29) is 0 Å². The highest BCUT2D eigenvalue weighted by molar-refractivity contribution is 6.41. The summed E-state index contributed by atoms with van der Waals surface area (Å²) in [6, 6.07) is 0. The molecule has 0 saturated carbocycles. The van der Waals surface area contributed by atoms with Crippen molar-refractivity contribution in [3.05, 3.63) is 12.2 Å². The van der Waals surface area contributed by atoms with Gasteiger partial charge >= 0.3 is 5.97 Å². The molecule has 54 valence electrons. The summed E-state index contributed by atoms with van der Waals surface area (Å²) in [6.07, 6.45) is 1.36. The normalized spacial score (nSPS) is 9.70. The molecule has 0 rings (SSSR count). The molecule has 10 heavy (non-hydrogen) atoms. The fraction of sp³-hybridized carbons (Fsp3) is 0.167. The molecule has 4 nitrogen and oxygen atoms in total. The summed E-state index contributed by atoms with van der Waals surface area (Å²) >= 11 is 0. The highest BCUT2D eigenvalue weighted by Crippen LogP contribution is 1.78. The van der Waals surface area contributed by atoms with Gasteiger partial charge in [0.15, 0.2) is 5.78 Å². The maximum absolute atomic E-state index is 10.3. The van der Waals surface area contributed by atoms with Crippen LogP contribution in [0.5, 0.6) is 0 Å². The number of carboxylic acid groups (broad SMARTS) is 1. The third-order valence-electron chi connectivity index (χ3n) is 0.724. The smallest absolute Gasteiger partial charge is 0.328 e. The van der Waals surface area contributed by atoms with E-state index >= 15 is 0 Å². The summed E-state index contributed by atoms with van der Waals surface area (Å²) in [6.45, 7) is 1.08. The maximum atomic E-state index is 10.3. The zero-order valence-electron chi connectivity index (χ0n) is 5.33. The number of hydrogen-bond acceptors (Lipinski definition) is 3. The van der Waals surface area contributed by atoms with Crippen LogP contribution in [0.4, 0.5) is 0 Å². The van der Waals surface area contributed by atoms with Gasteiger partial charge in [0.25, 0.3) is 0 Å². The largest absolute Gasteiger partial charge is 0.478 e. The Morgan fingerprint density at radius 1 is 1.20 bits per heavy atom. The van der Waals surface area contributed by atoms with Crippen LogP contribution in [0.25, 0.3) is 0 Å². The molecule has 0 aromatic carbocycles. The summed E-state index contributed by atoms with van der Waals surface area (Å²) in [7, 11) is 0. The van der Waals surface area contributed by atoms with E-state index in [0.29, 0.717) is 6.08 Å². The molecule has 0 heterocycles. The van der Waals surface area contributed by atoms with Crippen molar-refractivity contribution in [3.8, 4) is 0 Å². The second-order valence-electron chi connectivity index (χ2n) is 1.59. The topological polar surface area (TPSA) is 71.4 Å². The van der Waals surface area contributed by atoms with Gasteiger partial charge in [-0.1, -0.05) is 0 Å². The van der Waals surface area contributed by atoms with Crippen molar-refractivity contribution < 1.29 is 19.5 Å². The molecule has 0 aliphatic carbocycles. The van der Waals surface area contributed by atoms with Crippen molar-refractivity contribution >= 4 is 17.5 Å². The van der Waals surface area contributed by atoms with Gasteiger partial charge in [0.2, 0.25) is 5.78 Å². The third-order valence-corrected chi connectivity index (χ3v) is 0.724. The van der Waals surface area contributed by atoms with E-state index in [0.717, 1.165) is 13.0 Å². The van der Waals surface area contributed by atoms with Crippen LogP contribution in [0, 0.1) is 0 Å². The Hall–Kier alpha value is -1.45. The van der Waals surface area contributed by atoms with Crippen molar-refractivity contribution in [2.45, 2.75) is 6.92 Å². The van der Waals surface area contributed by atoms with E-state index in [2.05, 4.69) is 0 Å². The molecule has 0 radical (unpaired) electrons. The number of carboxylic acids is 1. The molecule has 0 saturated heterocycles. The molecular weight excluding hydrogens is 136 g/mol. The highest BCUT2D eigenvalue weighted by Gasteiger charge is 2.01. The summed E-state index contributed by atoms with van der Waals surface area (Å²) in [5.74, 6) is -2.71. The minimum Gasteiger partial charge on any atom is -0.478 e. The van der Waals surface area contributed by atoms with E-state index in [9.17, 15) is 14.4 Å². The predicted octanol–water partition coefficient (Wildman–Crippen LogP) is -0.215. The standard InChI is InChI=1S/C6H6O4/c1-4(7)5(8)2-3-6(9)10/h2-3H,1H3,(H,9,10). The number of carbonyl (C=O) groups is 3. The van der Waals surface area contributed by atoms with E-state index in [1.807, 2.05) is 0 Å². The first kappa shape index (κ1) is 8.55. The van der Waals surface area contributed by atoms with Gasteiger partial charge in [0.1, 0.15) is 0 Å². The van der Waals surface area contributed by atoms with Crippen LogP contribution in [-0.2, 0) is 14.4 Å². The lowest BCUT2D eigenvalue weighted by atomic mass is 10.3. The molecule has 4 heteroatoms. The lowest BCUT2D eigenvalue weighted by molar-refractivity contribution is -0.133. The van der Waals surface area contributed by atoms with Gasteiger partial charge in [-0.2, -0.15) is 0 Å². The van der Waals surface area contributed by atoms with Crippen LogP contribution in [0.2, 0.25) is 0 Å². The number of allylic oxidation sites excluding steroid dienone is 1. The number of Topliss-reactive ketones (excluding diaryl/α,β-unsaturated/α-hetero) is 1. The second-order valence-corrected chi connectivity index (χ2v) is 1.59. The molecule has 0 atom stereocenters. The van der Waals surface area contributed by atoms with Gasteiger partial charge in [-0.3, -0.25) is 9.59 Å². The monoisotopic (exact) mass is 142 g/mol. The summed E-state index contributed by atoms with van der Waals surface area (Å²) in [4.78, 5) is 30.3. The molecule has 0 fully saturated rings. The van der Waals surface area contributed by atoms with Crippen LogP contribution in [0.1, 0.15) is 6.92 Å². The van der Waals surface area contributed by atoms with Crippen molar-refractivity contribution in [2.75, 3.05) is 0 Å². The van der Waals surface area contributed by atoms with Crippen molar-refractivity contribution in [1.82, 2.24) is 0 Å². The third kappa shape index (κ3) is 3.54. The molecule has 0 bridgehead atoms. The van der Waals surface area contributed by atoms with E-state index < -0.39 is 17.5 Å². The average Bonchev–Trinajstić information content (AvgIpc) is 1.82. The SMILES string of the molecule is CC(=O)C(=O)C=CC(=O)O. The Morgan fingerprint density at radius 3 is 2.00 bits per heavy atom. The number of ketones is 2. The first-order chi connectivity index (χ1) is 4.54. The van der Waals surface area contributed by atoms with Crippen LogP contribution in [0.3, 0.4) is 0 Å². The first-order valence-corrected chi connectivity index (χ1v) is 2.50. The molecule has 0 unspecified atom stereocenters. The lowest BCUT2D eigenvalue weighted by Gasteiger charge is -1.80. The van der Waals surface area contributed by atoms with Gasteiger partial charge in [0, 0.05) is 13.0 Å². The Bertz CT molecular complexity index is 202. The average molecular weight is 142 g/mol. The van der Waals surface area contributed by atoms with Crippen LogP contribution >= 0.6 is 0 Å². The predicted molar refractivity (Wildman–Crippen MR) is 32.5 cm³/mol. The number of hydrogen-bond donors (Lipinski definition) is 1. The van der Waals surface area contributed by atoms with Crippen LogP contribution in [-0.4, -0.2) is 22.6 Å². The number of carbonyl (C=O) groups excluding carboxylic acids is 2. The van der Waals surface area contributed by atoms with E-state index in [4.69, 9.17) is 5.11 Å². The van der Waals surface area contributed by atoms with Gasteiger partial charge in [-0.25, -0.2) is 4.79 Å². The molecule has 0 spiro atoms. The minimum absolute atomic E-state index is 0.629. The van der Waals surface area contributed by atoms with Crippen LogP contribution < -0.4 is 0 Å². The molecule has 0 aliphatic rings. The Kier molecular flexibility index (Phi) is 3.04. The van der Waals surface area contributed by atoms with Crippen molar-refractivity contribution in [1.29, 1.82) is 0 Å². The summed E-state index contributed by atoms with van der Waals surface area (Å²) < 4.78 is 0. The summed E-state index contributed by atoms with van der Waals surface area (Å²) in [5, 5.41) is 7.99. The fourth-order valence-corrected chi connectivity index (χ4v) is 0.264. The molecule has 0 aromatic rings. The minimum atomic E-state index is -1.24. The zero-order chi connectivity index (χ0) is 8.15. The van der Waals surface area contributed by atoms with E-state index in [1.54, 1.807) is 0 Å². The second kappa shape index (κ2) is 3.55. The maximum Gasteiger partial charge on any atom is 0.328 e. The Morgan fingerprint density at radius 2 is 1.70 bits per heavy atom. The Balaban J connectivity index is 4.03. The highest BCUT2D eigenvalue weighted by atomic mass is 16.4. The molecule has 0 aromatic heterocycles. The van der Waals surface area contributed by atoms with E-state index in [1.165, 1.54) is 0 Å². The number of aliphatic carboxylic acids is 1. The summed E-state index contributed by atoms with van der Waals surface area (Å²) in [5.41, 5.74) is 0. The molecule has 0 aliphatic heterocycles. The van der Waals surface area contributed by atoms with Crippen LogP contribution in [0.15, 0.2) is 12.2 Å². The lowest BCUT2D eigenvalue weighted by Crippen LogP contribution is -2.05. The Labute approximate surface area is 57.2 Å². The quantitative estimate of drug-likeness (QED) is 0.437. The van der Waals surface area contributed by atoms with Gasteiger partial charge in [-0.05, 0) is 6.08 Å². The first-order valence-electron chi connectivity index (χ1n) is 2.50. The van der Waals surface area contributed by atoms with Gasteiger partial charge in [0.05, 0.1) is 0 Å². The molecule has 1 N–H and O–H groups in total. The number of rotatable bonds is 3. The van der Waals surface area contributed by atoms with Crippen molar-refractivity contribution in [2.24, 2.45) is 0 Å². The molecule has 0 amide bonds. The zero-order valence-corrected chi connectivity index (χ0v) is 5.33. The molecular formula is C6H6O4. The van der Waals surface area contributed by atoms with Crippen molar-refractivity contribution in [3.63, 3.8) is 0 Å². The van der Waals surface area contributed by atoms with Gasteiger partial charge < -0.3 is 5.11 Å². The van der Waals surface area contributed by atoms with Gasteiger partial charge in [-0.15, -0.1) is 0 Å². The fourth-order valence-electron chi connectivity index (χ4n) is 0.264.